The minimum atomic E-state index is -4.67. The summed E-state index contributed by atoms with van der Waals surface area (Å²) in [5, 5.41) is 2.47. The fourth-order valence-electron chi connectivity index (χ4n) is 2.52. The Kier molecular flexibility index (Phi) is 7.26. The molecule has 0 radical (unpaired) electrons. The number of amides is 1. The van der Waals surface area contributed by atoms with Crippen molar-refractivity contribution >= 4 is 15.9 Å². The van der Waals surface area contributed by atoms with Crippen LogP contribution in [0.3, 0.4) is 0 Å². The number of rotatable bonds is 8. The lowest BCUT2D eigenvalue weighted by Crippen LogP contribution is -2.38. The fraction of sp³-hybridized carbons (Fsp3) is 0.316. The van der Waals surface area contributed by atoms with Crippen LogP contribution >= 0.6 is 0 Å². The van der Waals surface area contributed by atoms with Crippen molar-refractivity contribution < 1.29 is 31.1 Å². The molecule has 0 atom stereocenters. The van der Waals surface area contributed by atoms with Gasteiger partial charge in [0.1, 0.15) is 12.4 Å². The molecule has 0 heterocycles. The fourth-order valence-corrected chi connectivity index (χ4v) is 3.55. The second kappa shape index (κ2) is 9.27. The minimum absolute atomic E-state index is 0.136. The Balaban J connectivity index is 1.82. The maximum atomic E-state index is 12.7. The molecule has 158 valence electrons. The summed E-state index contributed by atoms with van der Waals surface area (Å²) in [4.78, 5) is 11.2. The lowest BCUT2D eigenvalue weighted by molar-refractivity contribution is -0.137. The van der Waals surface area contributed by atoms with E-state index in [1.165, 1.54) is 0 Å². The second-order valence-electron chi connectivity index (χ2n) is 6.37. The summed E-state index contributed by atoms with van der Waals surface area (Å²) in [6.45, 7) is 3.56. The number of hydrogen-bond acceptors (Lipinski definition) is 4. The van der Waals surface area contributed by atoms with Gasteiger partial charge < -0.3 is 10.1 Å². The Morgan fingerprint density at radius 2 is 1.72 bits per heavy atom. The molecule has 0 aromatic heterocycles. The smallest absolute Gasteiger partial charge is 0.416 e. The number of aryl methyl sites for hydroxylation is 2. The third-order valence-corrected chi connectivity index (χ3v) is 5.18. The summed E-state index contributed by atoms with van der Waals surface area (Å²) in [5.74, 6) is 0.0200. The van der Waals surface area contributed by atoms with Crippen LogP contribution in [0.1, 0.15) is 16.7 Å². The molecular formula is C19H21F3N2O4S. The van der Waals surface area contributed by atoms with Crippen LogP contribution in [-0.4, -0.2) is 34.0 Å². The van der Waals surface area contributed by atoms with Crippen molar-refractivity contribution in [2.24, 2.45) is 0 Å². The van der Waals surface area contributed by atoms with Crippen LogP contribution in [0.2, 0.25) is 0 Å². The molecule has 0 aliphatic carbocycles. The van der Waals surface area contributed by atoms with Crippen molar-refractivity contribution in [3.05, 3.63) is 59.2 Å². The molecule has 2 aromatic rings. The molecule has 29 heavy (non-hydrogen) atoms. The van der Waals surface area contributed by atoms with Crippen LogP contribution in [0.25, 0.3) is 0 Å². The minimum Gasteiger partial charge on any atom is -0.492 e. The standard InChI is InChI=1S/C19H21F3N2O4S/c1-13-8-14(2)10-16(9-13)28-7-6-23-18(25)12-24-29(26,27)17-5-3-4-15(11-17)19(20,21)22/h3-5,8-11,24H,6-7,12H2,1-2H3,(H,23,25). The SMILES string of the molecule is Cc1cc(C)cc(OCCNC(=O)CNS(=O)(=O)c2cccc(C(F)(F)F)c2)c1. The van der Waals surface area contributed by atoms with E-state index in [1.807, 2.05) is 36.8 Å². The van der Waals surface area contributed by atoms with Crippen LogP contribution in [0.4, 0.5) is 13.2 Å². The highest BCUT2D eigenvalue weighted by molar-refractivity contribution is 7.89. The molecule has 2 aromatic carbocycles. The van der Waals surface area contributed by atoms with E-state index in [-0.39, 0.29) is 13.2 Å². The number of sulfonamides is 1. The van der Waals surface area contributed by atoms with Gasteiger partial charge in [0.2, 0.25) is 15.9 Å². The van der Waals surface area contributed by atoms with Crippen molar-refractivity contribution in [2.75, 3.05) is 19.7 Å². The molecule has 0 aliphatic rings. The zero-order chi connectivity index (χ0) is 21.7. The summed E-state index contributed by atoms with van der Waals surface area (Å²) in [5.41, 5.74) is 0.981. The summed E-state index contributed by atoms with van der Waals surface area (Å²) in [6, 6.07) is 8.97. The first-order valence-electron chi connectivity index (χ1n) is 8.62. The molecule has 1 amide bonds. The molecule has 0 fully saturated rings. The van der Waals surface area contributed by atoms with Crippen LogP contribution in [0, 0.1) is 13.8 Å². The number of halogens is 3. The van der Waals surface area contributed by atoms with Crippen LogP contribution in [0.5, 0.6) is 5.75 Å². The molecule has 0 saturated heterocycles. The molecule has 0 unspecified atom stereocenters. The normalized spacial score (nSPS) is 11.9. The molecule has 6 nitrogen and oxygen atoms in total. The van der Waals surface area contributed by atoms with Gasteiger partial charge in [0.05, 0.1) is 23.5 Å². The molecule has 0 spiro atoms. The number of ether oxygens (including phenoxy) is 1. The third kappa shape index (κ3) is 7.06. The first-order valence-corrected chi connectivity index (χ1v) is 10.1. The highest BCUT2D eigenvalue weighted by atomic mass is 32.2. The Bertz CT molecular complexity index is 955. The van der Waals surface area contributed by atoms with Gasteiger partial charge in [-0.25, -0.2) is 13.1 Å². The summed E-state index contributed by atoms with van der Waals surface area (Å²) in [7, 11) is -4.26. The predicted molar refractivity (Wildman–Crippen MR) is 101 cm³/mol. The lowest BCUT2D eigenvalue weighted by Gasteiger charge is -2.11. The largest absolute Gasteiger partial charge is 0.492 e. The van der Waals surface area contributed by atoms with E-state index in [0.29, 0.717) is 11.8 Å². The monoisotopic (exact) mass is 430 g/mol. The van der Waals surface area contributed by atoms with E-state index in [0.717, 1.165) is 29.3 Å². The van der Waals surface area contributed by atoms with Gasteiger partial charge in [-0.1, -0.05) is 12.1 Å². The molecule has 2 N–H and O–H groups in total. The van der Waals surface area contributed by atoms with E-state index in [4.69, 9.17) is 4.74 Å². The number of benzene rings is 2. The quantitative estimate of drug-likeness (QED) is 0.631. The van der Waals surface area contributed by atoms with Crippen molar-refractivity contribution in [1.29, 1.82) is 0 Å². The van der Waals surface area contributed by atoms with Gasteiger partial charge in [-0.2, -0.15) is 13.2 Å². The van der Waals surface area contributed by atoms with Crippen molar-refractivity contribution in [1.82, 2.24) is 10.0 Å². The molecule has 2 rings (SSSR count). The maximum Gasteiger partial charge on any atom is 0.416 e. The lowest BCUT2D eigenvalue weighted by atomic mass is 10.1. The van der Waals surface area contributed by atoms with Crippen LogP contribution in [-0.2, 0) is 21.0 Å². The van der Waals surface area contributed by atoms with Gasteiger partial charge in [0.25, 0.3) is 0 Å². The van der Waals surface area contributed by atoms with E-state index in [1.54, 1.807) is 0 Å². The highest BCUT2D eigenvalue weighted by Crippen LogP contribution is 2.30. The summed E-state index contributed by atoms with van der Waals surface area (Å²) < 4.78 is 69.9. The van der Waals surface area contributed by atoms with Gasteiger partial charge in [-0.3, -0.25) is 4.79 Å². The third-order valence-electron chi connectivity index (χ3n) is 3.78. The first-order chi connectivity index (χ1) is 13.5. The predicted octanol–water partition coefficient (Wildman–Crippen LogP) is 2.80. The number of carbonyl (C=O) groups excluding carboxylic acids is 1. The van der Waals surface area contributed by atoms with Crippen molar-refractivity contribution in [3.8, 4) is 5.75 Å². The number of alkyl halides is 3. The molecule has 0 aliphatic heterocycles. The Morgan fingerprint density at radius 3 is 2.34 bits per heavy atom. The van der Waals surface area contributed by atoms with E-state index < -0.39 is 39.1 Å². The van der Waals surface area contributed by atoms with E-state index >= 15 is 0 Å². The van der Waals surface area contributed by atoms with Crippen LogP contribution < -0.4 is 14.8 Å². The van der Waals surface area contributed by atoms with Gasteiger partial charge >= 0.3 is 6.18 Å². The average Bonchev–Trinajstić information content (AvgIpc) is 2.62. The van der Waals surface area contributed by atoms with Crippen molar-refractivity contribution in [2.45, 2.75) is 24.9 Å². The average molecular weight is 430 g/mol. The zero-order valence-electron chi connectivity index (χ0n) is 15.8. The van der Waals surface area contributed by atoms with Gasteiger partial charge in [-0.05, 0) is 55.3 Å². The van der Waals surface area contributed by atoms with E-state index in [9.17, 15) is 26.4 Å². The number of carbonyl (C=O) groups is 1. The Morgan fingerprint density at radius 1 is 1.07 bits per heavy atom. The first kappa shape index (κ1) is 22.7. The molecular weight excluding hydrogens is 409 g/mol. The number of nitrogens with one attached hydrogen (secondary N) is 2. The van der Waals surface area contributed by atoms with Crippen LogP contribution in [0.15, 0.2) is 47.4 Å². The van der Waals surface area contributed by atoms with Crippen molar-refractivity contribution in [3.63, 3.8) is 0 Å². The van der Waals surface area contributed by atoms with E-state index in [2.05, 4.69) is 5.32 Å². The van der Waals surface area contributed by atoms with Gasteiger partial charge in [0.15, 0.2) is 0 Å². The number of hydrogen-bond donors (Lipinski definition) is 2. The topological polar surface area (TPSA) is 84.5 Å². The Labute approximate surface area is 167 Å². The highest BCUT2D eigenvalue weighted by Gasteiger charge is 2.31. The maximum absolute atomic E-state index is 12.7. The van der Waals surface area contributed by atoms with Gasteiger partial charge in [-0.15, -0.1) is 0 Å². The molecule has 0 bridgehead atoms. The summed E-state index contributed by atoms with van der Waals surface area (Å²) >= 11 is 0. The van der Waals surface area contributed by atoms with Gasteiger partial charge in [0, 0.05) is 0 Å². The Hall–Kier alpha value is -2.59. The molecule has 10 heteroatoms. The molecule has 0 saturated carbocycles. The second-order valence-corrected chi connectivity index (χ2v) is 8.14. The zero-order valence-corrected chi connectivity index (χ0v) is 16.7. The summed E-state index contributed by atoms with van der Waals surface area (Å²) in [6.07, 6.45) is -4.67.